The Morgan fingerprint density at radius 1 is 1.50 bits per heavy atom. The van der Waals surface area contributed by atoms with Crippen molar-refractivity contribution in [1.29, 1.82) is 0 Å². The standard InChI is InChI=1S/C12H18ClFN2/c1-3-4-8(2)12(16-15)10-6-5-9(14)7-11(10)13/h5-8,12,16H,3-4,15H2,1-2H3. The summed E-state index contributed by atoms with van der Waals surface area (Å²) in [6.45, 7) is 4.23. The van der Waals surface area contributed by atoms with Gasteiger partial charge in [0.05, 0.1) is 0 Å². The van der Waals surface area contributed by atoms with Crippen molar-refractivity contribution in [3.05, 3.63) is 34.6 Å². The topological polar surface area (TPSA) is 38.0 Å². The van der Waals surface area contributed by atoms with E-state index in [9.17, 15) is 4.39 Å². The number of hydrazine groups is 1. The summed E-state index contributed by atoms with van der Waals surface area (Å²) < 4.78 is 12.9. The van der Waals surface area contributed by atoms with E-state index in [2.05, 4.69) is 19.3 Å². The van der Waals surface area contributed by atoms with Crippen LogP contribution in [0.1, 0.15) is 38.3 Å². The highest BCUT2D eigenvalue weighted by Gasteiger charge is 2.19. The van der Waals surface area contributed by atoms with Crippen LogP contribution in [0, 0.1) is 11.7 Å². The molecule has 1 aromatic carbocycles. The van der Waals surface area contributed by atoms with Crippen molar-refractivity contribution in [3.8, 4) is 0 Å². The molecule has 3 N–H and O–H groups in total. The number of rotatable bonds is 5. The second-order valence-electron chi connectivity index (χ2n) is 4.08. The maximum atomic E-state index is 12.9. The Kier molecular flexibility index (Phi) is 5.19. The molecule has 0 fully saturated rings. The van der Waals surface area contributed by atoms with Crippen molar-refractivity contribution >= 4 is 11.6 Å². The van der Waals surface area contributed by atoms with Crippen LogP contribution in [-0.4, -0.2) is 0 Å². The number of hydrogen-bond donors (Lipinski definition) is 2. The molecular formula is C12H18ClFN2. The van der Waals surface area contributed by atoms with Gasteiger partial charge in [-0.2, -0.15) is 0 Å². The zero-order valence-corrected chi connectivity index (χ0v) is 10.4. The van der Waals surface area contributed by atoms with Gasteiger partial charge in [0.15, 0.2) is 0 Å². The summed E-state index contributed by atoms with van der Waals surface area (Å²) in [6.07, 6.45) is 2.13. The van der Waals surface area contributed by atoms with E-state index >= 15 is 0 Å². The molecule has 16 heavy (non-hydrogen) atoms. The minimum absolute atomic E-state index is 0.0342. The Balaban J connectivity index is 2.94. The molecule has 0 amide bonds. The number of benzene rings is 1. The van der Waals surface area contributed by atoms with E-state index in [1.165, 1.54) is 12.1 Å². The van der Waals surface area contributed by atoms with Gasteiger partial charge in [0.1, 0.15) is 5.82 Å². The molecular weight excluding hydrogens is 227 g/mol. The van der Waals surface area contributed by atoms with E-state index in [0.717, 1.165) is 18.4 Å². The Bertz CT molecular complexity index is 344. The largest absolute Gasteiger partial charge is 0.271 e. The third-order valence-corrected chi connectivity index (χ3v) is 3.12. The van der Waals surface area contributed by atoms with Crippen LogP contribution in [0.25, 0.3) is 0 Å². The lowest BCUT2D eigenvalue weighted by Crippen LogP contribution is -2.32. The molecule has 0 spiro atoms. The van der Waals surface area contributed by atoms with Crippen LogP contribution in [0.5, 0.6) is 0 Å². The molecule has 1 rings (SSSR count). The second kappa shape index (κ2) is 6.18. The molecule has 2 unspecified atom stereocenters. The van der Waals surface area contributed by atoms with Crippen molar-refractivity contribution in [2.75, 3.05) is 0 Å². The molecule has 1 aromatic rings. The van der Waals surface area contributed by atoms with Crippen molar-refractivity contribution < 1.29 is 4.39 Å². The average Bonchev–Trinajstić information content (AvgIpc) is 2.22. The minimum Gasteiger partial charge on any atom is -0.271 e. The predicted octanol–water partition coefficient (Wildman–Crippen LogP) is 3.42. The number of nitrogens with one attached hydrogen (secondary N) is 1. The van der Waals surface area contributed by atoms with Crippen molar-refractivity contribution in [1.82, 2.24) is 5.43 Å². The molecule has 0 bridgehead atoms. The van der Waals surface area contributed by atoms with Crippen LogP contribution in [0.2, 0.25) is 5.02 Å². The summed E-state index contributed by atoms with van der Waals surface area (Å²) in [4.78, 5) is 0. The Labute approximate surface area is 101 Å². The Morgan fingerprint density at radius 3 is 2.69 bits per heavy atom. The number of halogens is 2. The zero-order chi connectivity index (χ0) is 12.1. The van der Waals surface area contributed by atoms with E-state index in [1.54, 1.807) is 6.07 Å². The van der Waals surface area contributed by atoms with Gasteiger partial charge in [-0.05, 0) is 30.0 Å². The van der Waals surface area contributed by atoms with Crippen molar-refractivity contribution in [3.63, 3.8) is 0 Å². The van der Waals surface area contributed by atoms with E-state index in [0.29, 0.717) is 10.9 Å². The molecule has 0 aliphatic heterocycles. The summed E-state index contributed by atoms with van der Waals surface area (Å²) >= 11 is 6.01. The fraction of sp³-hybridized carbons (Fsp3) is 0.500. The summed E-state index contributed by atoms with van der Waals surface area (Å²) in [5.41, 5.74) is 3.61. The summed E-state index contributed by atoms with van der Waals surface area (Å²) in [5.74, 6) is 5.57. The maximum Gasteiger partial charge on any atom is 0.124 e. The highest BCUT2D eigenvalue weighted by atomic mass is 35.5. The lowest BCUT2D eigenvalue weighted by molar-refractivity contribution is 0.368. The van der Waals surface area contributed by atoms with Crippen LogP contribution in [0.15, 0.2) is 18.2 Å². The molecule has 0 radical (unpaired) electrons. The normalized spacial score (nSPS) is 14.8. The van der Waals surface area contributed by atoms with Crippen molar-refractivity contribution in [2.45, 2.75) is 32.7 Å². The van der Waals surface area contributed by atoms with Crippen LogP contribution in [0.3, 0.4) is 0 Å². The molecule has 2 atom stereocenters. The maximum absolute atomic E-state index is 12.9. The number of hydrogen-bond acceptors (Lipinski definition) is 2. The van der Waals surface area contributed by atoms with Gasteiger partial charge >= 0.3 is 0 Å². The van der Waals surface area contributed by atoms with E-state index < -0.39 is 0 Å². The first kappa shape index (κ1) is 13.4. The third kappa shape index (κ3) is 3.17. The number of nitrogens with two attached hydrogens (primary N) is 1. The SMILES string of the molecule is CCCC(C)C(NN)c1ccc(F)cc1Cl. The second-order valence-corrected chi connectivity index (χ2v) is 4.48. The molecule has 90 valence electrons. The van der Waals surface area contributed by atoms with Gasteiger partial charge in [0, 0.05) is 11.1 Å². The molecule has 4 heteroatoms. The lowest BCUT2D eigenvalue weighted by Gasteiger charge is -2.24. The highest BCUT2D eigenvalue weighted by Crippen LogP contribution is 2.30. The van der Waals surface area contributed by atoms with Gasteiger partial charge < -0.3 is 0 Å². The highest BCUT2D eigenvalue weighted by molar-refractivity contribution is 6.31. The van der Waals surface area contributed by atoms with Crippen LogP contribution in [0.4, 0.5) is 4.39 Å². The summed E-state index contributed by atoms with van der Waals surface area (Å²) in [6, 6.07) is 4.38. The zero-order valence-electron chi connectivity index (χ0n) is 9.63. The fourth-order valence-electron chi connectivity index (χ4n) is 1.94. The monoisotopic (exact) mass is 244 g/mol. The molecule has 0 aliphatic carbocycles. The lowest BCUT2D eigenvalue weighted by atomic mass is 9.91. The fourth-order valence-corrected chi connectivity index (χ4v) is 2.22. The molecule has 0 aliphatic rings. The Hall–Kier alpha value is -0.640. The van der Waals surface area contributed by atoms with Crippen LogP contribution < -0.4 is 11.3 Å². The average molecular weight is 245 g/mol. The first-order valence-electron chi connectivity index (χ1n) is 5.51. The quantitative estimate of drug-likeness (QED) is 0.615. The van der Waals surface area contributed by atoms with Crippen LogP contribution >= 0.6 is 11.6 Å². The first-order chi connectivity index (χ1) is 7.60. The first-order valence-corrected chi connectivity index (χ1v) is 5.89. The van der Waals surface area contributed by atoms with Gasteiger partial charge in [0.2, 0.25) is 0 Å². The molecule has 0 saturated heterocycles. The van der Waals surface area contributed by atoms with Gasteiger partial charge in [-0.15, -0.1) is 0 Å². The Morgan fingerprint density at radius 2 is 2.19 bits per heavy atom. The van der Waals surface area contributed by atoms with Crippen LogP contribution in [-0.2, 0) is 0 Å². The predicted molar refractivity (Wildman–Crippen MR) is 65.5 cm³/mol. The molecule has 0 heterocycles. The smallest absolute Gasteiger partial charge is 0.124 e. The van der Waals surface area contributed by atoms with Crippen molar-refractivity contribution in [2.24, 2.45) is 11.8 Å². The summed E-state index contributed by atoms with van der Waals surface area (Å²) in [5, 5.41) is 0.422. The summed E-state index contributed by atoms with van der Waals surface area (Å²) in [7, 11) is 0. The van der Waals surface area contributed by atoms with Gasteiger partial charge in [-0.1, -0.05) is 37.9 Å². The molecule has 2 nitrogen and oxygen atoms in total. The van der Waals surface area contributed by atoms with Gasteiger partial charge in [0.25, 0.3) is 0 Å². The third-order valence-electron chi connectivity index (χ3n) is 2.79. The molecule has 0 aromatic heterocycles. The van der Waals surface area contributed by atoms with Gasteiger partial charge in [-0.25, -0.2) is 4.39 Å². The van der Waals surface area contributed by atoms with E-state index in [4.69, 9.17) is 17.4 Å². The minimum atomic E-state index is -0.326. The molecule has 0 saturated carbocycles. The van der Waals surface area contributed by atoms with E-state index in [1.807, 2.05) is 0 Å². The van der Waals surface area contributed by atoms with Gasteiger partial charge in [-0.3, -0.25) is 11.3 Å². The van der Waals surface area contributed by atoms with E-state index in [-0.39, 0.29) is 11.9 Å².